The van der Waals surface area contributed by atoms with E-state index in [-0.39, 0.29) is 24.2 Å². The van der Waals surface area contributed by atoms with E-state index in [0.29, 0.717) is 13.0 Å². The van der Waals surface area contributed by atoms with Crippen LogP contribution >= 0.6 is 0 Å². The predicted octanol–water partition coefficient (Wildman–Crippen LogP) is 3.06. The van der Waals surface area contributed by atoms with Crippen molar-refractivity contribution in [3.8, 4) is 0 Å². The number of aryl methyl sites for hydroxylation is 1. The fourth-order valence-electron chi connectivity index (χ4n) is 3.01. The van der Waals surface area contributed by atoms with Crippen molar-refractivity contribution in [2.75, 3.05) is 11.4 Å². The molecule has 3 rings (SSSR count). The number of hydrogen-bond donors (Lipinski definition) is 1. The van der Waals surface area contributed by atoms with Gasteiger partial charge in [0, 0.05) is 18.8 Å². The van der Waals surface area contributed by atoms with Crippen LogP contribution in [-0.2, 0) is 22.6 Å². The monoisotopic (exact) mass is 340 g/mol. The predicted molar refractivity (Wildman–Crippen MR) is 94.5 cm³/mol. The van der Waals surface area contributed by atoms with Crippen molar-refractivity contribution in [3.05, 3.63) is 65.5 Å². The second-order valence-electron chi connectivity index (χ2n) is 6.20. The highest BCUT2D eigenvalue weighted by molar-refractivity contribution is 6.09. The number of nitrogens with one attached hydrogen (secondary N) is 1. The molecule has 1 aliphatic heterocycles. The fourth-order valence-corrected chi connectivity index (χ4v) is 3.01. The SMILES string of the molecule is CCc1ccc(N2CC[C@@H](C(=O)NCc3ccc(F)cc3)C2=O)cc1. The van der Waals surface area contributed by atoms with Crippen molar-refractivity contribution < 1.29 is 14.0 Å². The molecule has 1 aliphatic rings. The molecule has 2 aromatic rings. The van der Waals surface area contributed by atoms with Gasteiger partial charge in [-0.3, -0.25) is 9.59 Å². The van der Waals surface area contributed by atoms with Gasteiger partial charge in [-0.1, -0.05) is 31.2 Å². The Kier molecular flexibility index (Phi) is 5.12. The largest absolute Gasteiger partial charge is 0.351 e. The van der Waals surface area contributed by atoms with E-state index in [0.717, 1.165) is 17.7 Å². The van der Waals surface area contributed by atoms with Gasteiger partial charge < -0.3 is 10.2 Å². The summed E-state index contributed by atoms with van der Waals surface area (Å²) in [5, 5.41) is 2.77. The number of hydrogen-bond acceptors (Lipinski definition) is 2. The van der Waals surface area contributed by atoms with Crippen LogP contribution in [0, 0.1) is 11.7 Å². The van der Waals surface area contributed by atoms with E-state index in [1.54, 1.807) is 17.0 Å². The van der Waals surface area contributed by atoms with Crippen LogP contribution in [0.3, 0.4) is 0 Å². The first kappa shape index (κ1) is 17.1. The summed E-state index contributed by atoms with van der Waals surface area (Å²) >= 11 is 0. The molecule has 2 amide bonds. The average molecular weight is 340 g/mol. The second kappa shape index (κ2) is 7.47. The van der Waals surface area contributed by atoms with Gasteiger partial charge in [-0.05, 0) is 48.2 Å². The van der Waals surface area contributed by atoms with Crippen molar-refractivity contribution in [3.63, 3.8) is 0 Å². The number of nitrogens with zero attached hydrogens (tertiary/aromatic N) is 1. The van der Waals surface area contributed by atoms with Crippen LogP contribution in [0.5, 0.6) is 0 Å². The lowest BCUT2D eigenvalue weighted by Gasteiger charge is -2.17. The van der Waals surface area contributed by atoms with E-state index in [1.807, 2.05) is 24.3 Å². The van der Waals surface area contributed by atoms with Crippen molar-refractivity contribution in [2.24, 2.45) is 5.92 Å². The summed E-state index contributed by atoms with van der Waals surface area (Å²) in [5.74, 6) is -1.42. The van der Waals surface area contributed by atoms with E-state index in [2.05, 4.69) is 12.2 Å². The maximum Gasteiger partial charge on any atom is 0.239 e. The highest BCUT2D eigenvalue weighted by atomic mass is 19.1. The summed E-state index contributed by atoms with van der Waals surface area (Å²) in [5.41, 5.74) is 2.84. The van der Waals surface area contributed by atoms with Crippen molar-refractivity contribution in [1.82, 2.24) is 5.32 Å². The zero-order valence-electron chi connectivity index (χ0n) is 14.2. The van der Waals surface area contributed by atoms with Crippen LogP contribution in [0.2, 0.25) is 0 Å². The maximum atomic E-state index is 12.9. The van der Waals surface area contributed by atoms with Crippen molar-refractivity contribution in [2.45, 2.75) is 26.3 Å². The summed E-state index contributed by atoms with van der Waals surface area (Å²) in [6.07, 6.45) is 1.45. The number of anilines is 1. The van der Waals surface area contributed by atoms with Gasteiger partial charge in [0.2, 0.25) is 11.8 Å². The van der Waals surface area contributed by atoms with Gasteiger partial charge in [-0.15, -0.1) is 0 Å². The Labute approximate surface area is 146 Å². The molecule has 0 spiro atoms. The van der Waals surface area contributed by atoms with E-state index in [4.69, 9.17) is 0 Å². The van der Waals surface area contributed by atoms with Gasteiger partial charge in [-0.2, -0.15) is 0 Å². The Morgan fingerprint density at radius 3 is 2.40 bits per heavy atom. The molecule has 1 atom stereocenters. The molecule has 0 aliphatic carbocycles. The zero-order chi connectivity index (χ0) is 17.8. The summed E-state index contributed by atoms with van der Waals surface area (Å²) in [6, 6.07) is 13.8. The molecular weight excluding hydrogens is 319 g/mol. The molecule has 0 radical (unpaired) electrons. The Morgan fingerprint density at radius 1 is 1.12 bits per heavy atom. The third-order valence-electron chi connectivity index (χ3n) is 4.56. The Balaban J connectivity index is 1.60. The van der Waals surface area contributed by atoms with Crippen LogP contribution < -0.4 is 10.2 Å². The molecule has 0 saturated carbocycles. The zero-order valence-corrected chi connectivity index (χ0v) is 14.2. The minimum absolute atomic E-state index is 0.166. The summed E-state index contributed by atoms with van der Waals surface area (Å²) in [7, 11) is 0. The maximum absolute atomic E-state index is 12.9. The minimum Gasteiger partial charge on any atom is -0.351 e. The lowest BCUT2D eigenvalue weighted by atomic mass is 10.1. The van der Waals surface area contributed by atoms with Crippen LogP contribution in [0.15, 0.2) is 48.5 Å². The van der Waals surface area contributed by atoms with Gasteiger partial charge in [0.05, 0.1) is 0 Å². The smallest absolute Gasteiger partial charge is 0.239 e. The minimum atomic E-state index is -0.661. The summed E-state index contributed by atoms with van der Waals surface area (Å²) in [6.45, 7) is 2.91. The third kappa shape index (κ3) is 3.87. The first-order chi connectivity index (χ1) is 12.1. The summed E-state index contributed by atoms with van der Waals surface area (Å²) in [4.78, 5) is 26.6. The van der Waals surface area contributed by atoms with Crippen LogP contribution in [0.25, 0.3) is 0 Å². The molecule has 2 aromatic carbocycles. The van der Waals surface area contributed by atoms with Crippen LogP contribution in [0.4, 0.5) is 10.1 Å². The number of halogens is 1. The number of rotatable bonds is 5. The number of amides is 2. The van der Waals surface area contributed by atoms with Gasteiger partial charge in [0.25, 0.3) is 0 Å². The average Bonchev–Trinajstić information content (AvgIpc) is 3.02. The molecule has 5 heteroatoms. The fraction of sp³-hybridized carbons (Fsp3) is 0.300. The topological polar surface area (TPSA) is 49.4 Å². The van der Waals surface area contributed by atoms with Gasteiger partial charge in [0.15, 0.2) is 0 Å². The molecule has 1 fully saturated rings. The van der Waals surface area contributed by atoms with E-state index < -0.39 is 5.92 Å². The molecule has 0 bridgehead atoms. The van der Waals surface area contributed by atoms with E-state index in [1.165, 1.54) is 17.7 Å². The standard InChI is InChI=1S/C20H21FN2O2/c1-2-14-5-9-17(10-6-14)23-12-11-18(20(23)25)19(24)22-13-15-3-7-16(21)8-4-15/h3-10,18H,2,11-13H2,1H3,(H,22,24)/t18-/m0/s1. The van der Waals surface area contributed by atoms with Crippen molar-refractivity contribution in [1.29, 1.82) is 0 Å². The van der Waals surface area contributed by atoms with E-state index >= 15 is 0 Å². The lowest BCUT2D eigenvalue weighted by Crippen LogP contribution is -2.36. The van der Waals surface area contributed by atoms with Crippen molar-refractivity contribution >= 4 is 17.5 Å². The molecule has 130 valence electrons. The number of carbonyl (C=O) groups is 2. The molecule has 1 saturated heterocycles. The third-order valence-corrected chi connectivity index (χ3v) is 4.56. The van der Waals surface area contributed by atoms with Crippen LogP contribution in [-0.4, -0.2) is 18.4 Å². The molecular formula is C20H21FN2O2. The van der Waals surface area contributed by atoms with Gasteiger partial charge in [0.1, 0.15) is 11.7 Å². The Hall–Kier alpha value is -2.69. The second-order valence-corrected chi connectivity index (χ2v) is 6.20. The molecule has 0 unspecified atom stereocenters. The molecule has 1 heterocycles. The summed E-state index contributed by atoms with van der Waals surface area (Å²) < 4.78 is 12.9. The quantitative estimate of drug-likeness (QED) is 0.851. The van der Waals surface area contributed by atoms with Gasteiger partial charge >= 0.3 is 0 Å². The Bertz CT molecular complexity index is 756. The first-order valence-electron chi connectivity index (χ1n) is 8.51. The highest BCUT2D eigenvalue weighted by Gasteiger charge is 2.37. The van der Waals surface area contributed by atoms with Gasteiger partial charge in [-0.25, -0.2) is 4.39 Å². The number of carbonyl (C=O) groups excluding carboxylic acids is 2. The normalized spacial score (nSPS) is 17.0. The molecule has 4 nitrogen and oxygen atoms in total. The number of benzene rings is 2. The lowest BCUT2D eigenvalue weighted by molar-refractivity contribution is -0.132. The van der Waals surface area contributed by atoms with E-state index in [9.17, 15) is 14.0 Å². The Morgan fingerprint density at radius 2 is 1.76 bits per heavy atom. The molecule has 25 heavy (non-hydrogen) atoms. The first-order valence-corrected chi connectivity index (χ1v) is 8.51. The van der Waals surface area contributed by atoms with Crippen LogP contribution in [0.1, 0.15) is 24.5 Å². The molecule has 1 N–H and O–H groups in total. The highest BCUT2D eigenvalue weighted by Crippen LogP contribution is 2.26. The molecule has 0 aromatic heterocycles.